The Bertz CT molecular complexity index is 806. The lowest BCUT2D eigenvalue weighted by molar-refractivity contribution is 0.415. The third-order valence-electron chi connectivity index (χ3n) is 3.03. The van der Waals surface area contributed by atoms with Crippen molar-refractivity contribution in [1.82, 2.24) is 4.98 Å². The second-order valence-corrected chi connectivity index (χ2v) is 4.17. The Labute approximate surface area is 103 Å². The first-order valence-corrected chi connectivity index (χ1v) is 5.58. The molecule has 18 heavy (non-hydrogen) atoms. The van der Waals surface area contributed by atoms with Crippen LogP contribution in [0.2, 0.25) is 0 Å². The molecule has 3 N–H and O–H groups in total. The van der Waals surface area contributed by atoms with Crippen molar-refractivity contribution in [2.75, 3.05) is 12.8 Å². The van der Waals surface area contributed by atoms with Crippen LogP contribution in [-0.2, 0) is 0 Å². The van der Waals surface area contributed by atoms with Crippen LogP contribution in [0.1, 0.15) is 0 Å². The van der Waals surface area contributed by atoms with Gasteiger partial charge in [0, 0.05) is 16.5 Å². The Morgan fingerprint density at radius 1 is 1.06 bits per heavy atom. The maximum atomic E-state index is 12.4. The Balaban J connectivity index is 2.48. The van der Waals surface area contributed by atoms with E-state index in [0.717, 1.165) is 11.0 Å². The number of nitrogens with one attached hydrogen (secondary N) is 1. The van der Waals surface area contributed by atoms with Crippen molar-refractivity contribution >= 4 is 27.5 Å². The second kappa shape index (κ2) is 3.77. The number of ether oxygens (including phenoxy) is 1. The van der Waals surface area contributed by atoms with Crippen LogP contribution in [0.25, 0.3) is 21.8 Å². The molecule has 1 heterocycles. The molecule has 0 aliphatic heterocycles. The van der Waals surface area contributed by atoms with Crippen LogP contribution in [0.3, 0.4) is 0 Å². The highest BCUT2D eigenvalue weighted by Crippen LogP contribution is 2.20. The monoisotopic (exact) mass is 240 g/mol. The number of H-pyrrole nitrogens is 1. The number of hydrogen-bond donors (Lipinski definition) is 2. The Kier molecular flexibility index (Phi) is 2.23. The number of nitrogens with two attached hydrogens (primary N) is 1. The number of aromatic nitrogens is 1. The zero-order chi connectivity index (χ0) is 12.7. The van der Waals surface area contributed by atoms with E-state index < -0.39 is 0 Å². The van der Waals surface area contributed by atoms with Gasteiger partial charge in [0.05, 0.1) is 18.1 Å². The summed E-state index contributed by atoms with van der Waals surface area (Å²) in [7, 11) is 1.58. The molecule has 0 aliphatic rings. The van der Waals surface area contributed by atoms with Crippen molar-refractivity contribution in [3.05, 3.63) is 46.6 Å². The van der Waals surface area contributed by atoms with E-state index in [1.165, 1.54) is 0 Å². The molecule has 90 valence electrons. The molecule has 0 amide bonds. The summed E-state index contributed by atoms with van der Waals surface area (Å²) in [6, 6.07) is 10.6. The molecule has 0 radical (unpaired) electrons. The number of methoxy groups -OCH3 is 1. The van der Waals surface area contributed by atoms with Crippen molar-refractivity contribution in [1.29, 1.82) is 0 Å². The van der Waals surface area contributed by atoms with E-state index in [0.29, 0.717) is 22.2 Å². The average molecular weight is 240 g/mol. The fourth-order valence-corrected chi connectivity index (χ4v) is 2.10. The van der Waals surface area contributed by atoms with Crippen LogP contribution in [0.4, 0.5) is 5.69 Å². The maximum absolute atomic E-state index is 12.4. The molecule has 4 nitrogen and oxygen atoms in total. The number of anilines is 1. The van der Waals surface area contributed by atoms with E-state index in [9.17, 15) is 4.79 Å². The predicted molar refractivity (Wildman–Crippen MR) is 73.0 cm³/mol. The van der Waals surface area contributed by atoms with E-state index >= 15 is 0 Å². The fourth-order valence-electron chi connectivity index (χ4n) is 2.10. The highest BCUT2D eigenvalue weighted by molar-refractivity contribution is 5.94. The third-order valence-corrected chi connectivity index (χ3v) is 3.03. The molecule has 0 unspecified atom stereocenters. The zero-order valence-electron chi connectivity index (χ0n) is 9.86. The maximum Gasteiger partial charge on any atom is 0.197 e. The van der Waals surface area contributed by atoms with Crippen LogP contribution in [0, 0.1) is 0 Å². The largest absolute Gasteiger partial charge is 0.497 e. The lowest BCUT2D eigenvalue weighted by atomic mass is 10.1. The molecule has 0 aliphatic carbocycles. The van der Waals surface area contributed by atoms with Gasteiger partial charge in [-0.15, -0.1) is 0 Å². The number of benzene rings is 2. The molecule has 1 aromatic heterocycles. The van der Waals surface area contributed by atoms with Gasteiger partial charge in [-0.2, -0.15) is 0 Å². The number of fused-ring (bicyclic) bond motifs is 2. The molecule has 4 heteroatoms. The summed E-state index contributed by atoms with van der Waals surface area (Å²) in [4.78, 5) is 15.6. The van der Waals surface area contributed by atoms with Gasteiger partial charge >= 0.3 is 0 Å². The molecule has 0 saturated carbocycles. The van der Waals surface area contributed by atoms with Crippen LogP contribution in [-0.4, -0.2) is 12.1 Å². The van der Waals surface area contributed by atoms with Gasteiger partial charge in [-0.25, -0.2) is 0 Å². The first-order valence-electron chi connectivity index (χ1n) is 5.58. The normalized spacial score (nSPS) is 10.9. The molecule has 3 rings (SSSR count). The van der Waals surface area contributed by atoms with E-state index in [2.05, 4.69) is 4.98 Å². The van der Waals surface area contributed by atoms with Crippen LogP contribution < -0.4 is 15.9 Å². The fraction of sp³-hybridized carbons (Fsp3) is 0.0714. The quantitative estimate of drug-likeness (QED) is 0.506. The van der Waals surface area contributed by atoms with Crippen molar-refractivity contribution in [2.24, 2.45) is 0 Å². The highest BCUT2D eigenvalue weighted by Gasteiger charge is 2.06. The smallest absolute Gasteiger partial charge is 0.197 e. The molecular formula is C14H12N2O2. The van der Waals surface area contributed by atoms with Gasteiger partial charge in [0.2, 0.25) is 0 Å². The van der Waals surface area contributed by atoms with Gasteiger partial charge in [-0.05, 0) is 36.4 Å². The van der Waals surface area contributed by atoms with E-state index in [4.69, 9.17) is 10.5 Å². The summed E-state index contributed by atoms with van der Waals surface area (Å²) in [6.07, 6.45) is 0. The van der Waals surface area contributed by atoms with Gasteiger partial charge in [0.1, 0.15) is 5.75 Å². The third kappa shape index (κ3) is 1.50. The lowest BCUT2D eigenvalue weighted by Gasteiger charge is -2.05. The summed E-state index contributed by atoms with van der Waals surface area (Å²) in [5.74, 6) is 0.669. The minimum absolute atomic E-state index is 0.0161. The topological polar surface area (TPSA) is 68.1 Å². The minimum Gasteiger partial charge on any atom is -0.497 e. The van der Waals surface area contributed by atoms with Gasteiger partial charge in [0.25, 0.3) is 0 Å². The number of hydrogen-bond acceptors (Lipinski definition) is 3. The second-order valence-electron chi connectivity index (χ2n) is 4.17. The van der Waals surface area contributed by atoms with Crippen molar-refractivity contribution in [3.8, 4) is 5.75 Å². The zero-order valence-corrected chi connectivity index (χ0v) is 9.86. The van der Waals surface area contributed by atoms with Gasteiger partial charge in [0.15, 0.2) is 5.43 Å². The predicted octanol–water partition coefficient (Wildman–Crippen LogP) is 2.27. The van der Waals surface area contributed by atoms with Gasteiger partial charge in [-0.3, -0.25) is 4.79 Å². The lowest BCUT2D eigenvalue weighted by Crippen LogP contribution is -2.04. The number of rotatable bonds is 1. The first-order chi connectivity index (χ1) is 8.69. The molecule has 0 atom stereocenters. The number of nitrogen functional groups attached to an aromatic ring is 1. The highest BCUT2D eigenvalue weighted by atomic mass is 16.5. The van der Waals surface area contributed by atoms with Crippen molar-refractivity contribution in [2.45, 2.75) is 0 Å². The molecule has 2 aromatic carbocycles. The Morgan fingerprint density at radius 3 is 2.67 bits per heavy atom. The van der Waals surface area contributed by atoms with Gasteiger partial charge < -0.3 is 15.5 Å². The SMILES string of the molecule is COc1ccc2[nH]c3cc(N)ccc3c(=O)c2c1. The summed E-state index contributed by atoms with van der Waals surface area (Å²) in [6.45, 7) is 0. The molecular weight excluding hydrogens is 228 g/mol. The molecule has 0 spiro atoms. The van der Waals surface area contributed by atoms with Crippen molar-refractivity contribution in [3.63, 3.8) is 0 Å². The first kappa shape index (κ1) is 10.7. The van der Waals surface area contributed by atoms with Crippen LogP contribution in [0.15, 0.2) is 41.2 Å². The molecule has 0 fully saturated rings. The average Bonchev–Trinajstić information content (AvgIpc) is 2.38. The Morgan fingerprint density at radius 2 is 1.89 bits per heavy atom. The summed E-state index contributed by atoms with van der Waals surface area (Å²) < 4.78 is 5.14. The number of pyridine rings is 1. The molecule has 0 saturated heterocycles. The van der Waals surface area contributed by atoms with E-state index in [1.807, 2.05) is 12.1 Å². The Hall–Kier alpha value is -2.49. The van der Waals surface area contributed by atoms with E-state index in [-0.39, 0.29) is 5.43 Å². The number of aromatic amines is 1. The van der Waals surface area contributed by atoms with Gasteiger partial charge in [-0.1, -0.05) is 0 Å². The molecule has 3 aromatic rings. The van der Waals surface area contributed by atoms with Crippen LogP contribution >= 0.6 is 0 Å². The summed E-state index contributed by atoms with van der Waals surface area (Å²) in [5, 5.41) is 1.25. The standard InChI is InChI=1S/C14H12N2O2/c1-18-9-3-5-12-11(7-9)14(17)10-4-2-8(15)6-13(10)16-12/h2-7H,15H2,1H3,(H,16,17). The van der Waals surface area contributed by atoms with Crippen molar-refractivity contribution < 1.29 is 4.74 Å². The van der Waals surface area contributed by atoms with E-state index in [1.54, 1.807) is 31.4 Å². The van der Waals surface area contributed by atoms with Crippen LogP contribution in [0.5, 0.6) is 5.75 Å². The minimum atomic E-state index is -0.0161. The molecule has 0 bridgehead atoms. The summed E-state index contributed by atoms with van der Waals surface area (Å²) in [5.41, 5.74) is 7.86. The summed E-state index contributed by atoms with van der Waals surface area (Å²) >= 11 is 0.